The summed E-state index contributed by atoms with van der Waals surface area (Å²) in [7, 11) is 1.67. The molecule has 1 amide bonds. The number of benzene rings is 1. The Hall–Kier alpha value is -2.88. The van der Waals surface area contributed by atoms with Gasteiger partial charge in [-0.05, 0) is 48.3 Å². The van der Waals surface area contributed by atoms with E-state index in [4.69, 9.17) is 9.40 Å². The van der Waals surface area contributed by atoms with Crippen molar-refractivity contribution in [1.29, 1.82) is 0 Å². The van der Waals surface area contributed by atoms with Gasteiger partial charge in [0.25, 0.3) is 5.91 Å². The lowest BCUT2D eigenvalue weighted by atomic mass is 10.00. The van der Waals surface area contributed by atoms with E-state index in [1.54, 1.807) is 13.3 Å². The monoisotopic (exact) mass is 304 g/mol. The molecule has 0 atom stereocenters. The van der Waals surface area contributed by atoms with Crippen molar-refractivity contribution in [3.05, 3.63) is 65.2 Å². The summed E-state index contributed by atoms with van der Waals surface area (Å²) in [6, 6.07) is 11.6. The Kier molecular flexibility index (Phi) is 3.23. The fourth-order valence-electron chi connectivity index (χ4n) is 3.21. The molecule has 114 valence electrons. The fraction of sp³-hybridized carbons (Fsp3) is 0.158. The number of hydrogen-bond donors (Lipinski definition) is 1. The molecular formula is C19H16N2O2. The van der Waals surface area contributed by atoms with E-state index in [1.807, 2.05) is 42.5 Å². The van der Waals surface area contributed by atoms with E-state index in [9.17, 15) is 4.79 Å². The topological polar surface area (TPSA) is 55.1 Å². The van der Waals surface area contributed by atoms with Crippen molar-refractivity contribution in [2.45, 2.75) is 12.8 Å². The summed E-state index contributed by atoms with van der Waals surface area (Å²) >= 11 is 0. The van der Waals surface area contributed by atoms with Crippen molar-refractivity contribution in [2.24, 2.45) is 0 Å². The molecule has 0 radical (unpaired) electrons. The highest BCUT2D eigenvalue weighted by Gasteiger charge is 2.26. The number of fused-ring (bicyclic) bond motifs is 2. The summed E-state index contributed by atoms with van der Waals surface area (Å²) in [4.78, 5) is 17.2. The highest BCUT2D eigenvalue weighted by atomic mass is 16.3. The van der Waals surface area contributed by atoms with Crippen LogP contribution in [-0.4, -0.2) is 17.9 Å². The molecule has 0 saturated heterocycles. The van der Waals surface area contributed by atoms with Crippen molar-refractivity contribution >= 4 is 28.5 Å². The normalized spacial score (nSPS) is 15.1. The zero-order valence-electron chi connectivity index (χ0n) is 12.8. The Morgan fingerprint density at radius 3 is 2.87 bits per heavy atom. The largest absolute Gasteiger partial charge is 0.465 e. The van der Waals surface area contributed by atoms with Crippen LogP contribution >= 0.6 is 0 Å². The van der Waals surface area contributed by atoms with Crippen LogP contribution in [0.4, 0.5) is 0 Å². The molecule has 0 spiro atoms. The minimum absolute atomic E-state index is 0.0564. The van der Waals surface area contributed by atoms with Crippen LogP contribution < -0.4 is 5.32 Å². The van der Waals surface area contributed by atoms with Gasteiger partial charge < -0.3 is 9.73 Å². The van der Waals surface area contributed by atoms with Gasteiger partial charge in [0, 0.05) is 12.4 Å². The van der Waals surface area contributed by atoms with Crippen LogP contribution in [0.5, 0.6) is 0 Å². The number of pyridine rings is 1. The molecule has 0 bridgehead atoms. The number of para-hydroxylation sites is 1. The molecule has 23 heavy (non-hydrogen) atoms. The predicted molar refractivity (Wildman–Crippen MR) is 90.0 cm³/mol. The van der Waals surface area contributed by atoms with Gasteiger partial charge in [-0.3, -0.25) is 4.79 Å². The number of furan rings is 1. The molecule has 1 aliphatic rings. The molecule has 2 aromatic heterocycles. The van der Waals surface area contributed by atoms with Gasteiger partial charge in [0.2, 0.25) is 0 Å². The van der Waals surface area contributed by atoms with Crippen LogP contribution in [0.3, 0.4) is 0 Å². The van der Waals surface area contributed by atoms with E-state index in [0.29, 0.717) is 0 Å². The van der Waals surface area contributed by atoms with E-state index < -0.39 is 0 Å². The van der Waals surface area contributed by atoms with Crippen LogP contribution in [0.2, 0.25) is 0 Å². The van der Waals surface area contributed by atoms with Gasteiger partial charge in [-0.2, -0.15) is 0 Å². The molecule has 4 nitrogen and oxygen atoms in total. The molecule has 0 unspecified atom stereocenters. The van der Waals surface area contributed by atoms with E-state index in [0.717, 1.165) is 51.9 Å². The van der Waals surface area contributed by atoms with Crippen molar-refractivity contribution in [2.75, 3.05) is 7.05 Å². The Morgan fingerprint density at radius 2 is 2.09 bits per heavy atom. The SMILES string of the molecule is CNC(=O)c1c2c(nc3ccccc13)C(=Cc1ccco1)CC2. The number of aromatic nitrogens is 1. The molecule has 4 heteroatoms. The number of nitrogens with zero attached hydrogens (tertiary/aromatic N) is 1. The van der Waals surface area contributed by atoms with E-state index in [-0.39, 0.29) is 5.91 Å². The fourth-order valence-corrected chi connectivity index (χ4v) is 3.21. The van der Waals surface area contributed by atoms with Gasteiger partial charge in [-0.1, -0.05) is 18.2 Å². The van der Waals surface area contributed by atoms with Crippen LogP contribution in [0, 0.1) is 0 Å². The summed E-state index contributed by atoms with van der Waals surface area (Å²) in [5.74, 6) is 0.753. The average molecular weight is 304 g/mol. The third-order valence-corrected chi connectivity index (χ3v) is 4.26. The third kappa shape index (κ3) is 2.23. The first-order valence-corrected chi connectivity index (χ1v) is 7.66. The van der Waals surface area contributed by atoms with Gasteiger partial charge in [-0.15, -0.1) is 0 Å². The zero-order valence-corrected chi connectivity index (χ0v) is 12.8. The van der Waals surface area contributed by atoms with Gasteiger partial charge in [0.15, 0.2) is 0 Å². The highest BCUT2D eigenvalue weighted by molar-refractivity contribution is 6.09. The molecule has 2 heterocycles. The quantitative estimate of drug-likeness (QED) is 0.786. The number of carbonyl (C=O) groups excluding carboxylic acids is 1. The van der Waals surface area contributed by atoms with E-state index in [2.05, 4.69) is 5.32 Å². The second-order valence-corrected chi connectivity index (χ2v) is 5.60. The zero-order chi connectivity index (χ0) is 15.8. The van der Waals surface area contributed by atoms with Crippen molar-refractivity contribution in [3.63, 3.8) is 0 Å². The number of rotatable bonds is 2. The maximum atomic E-state index is 12.4. The first-order valence-electron chi connectivity index (χ1n) is 7.66. The lowest BCUT2D eigenvalue weighted by molar-refractivity contribution is 0.0964. The van der Waals surface area contributed by atoms with Gasteiger partial charge in [0.05, 0.1) is 23.0 Å². The van der Waals surface area contributed by atoms with Gasteiger partial charge >= 0.3 is 0 Å². The Morgan fingerprint density at radius 1 is 1.22 bits per heavy atom. The summed E-state index contributed by atoms with van der Waals surface area (Å²) in [6.45, 7) is 0. The highest BCUT2D eigenvalue weighted by Crippen LogP contribution is 2.37. The van der Waals surface area contributed by atoms with Crippen LogP contribution in [0.15, 0.2) is 47.1 Å². The number of amides is 1. The maximum absolute atomic E-state index is 12.4. The predicted octanol–water partition coefficient (Wildman–Crippen LogP) is 3.67. The third-order valence-electron chi connectivity index (χ3n) is 4.26. The second kappa shape index (κ2) is 5.39. The number of nitrogens with one attached hydrogen (secondary N) is 1. The molecule has 4 rings (SSSR count). The molecule has 3 aromatic rings. The minimum atomic E-state index is -0.0564. The molecule has 1 N–H and O–H groups in total. The summed E-state index contributed by atoms with van der Waals surface area (Å²) in [6.07, 6.45) is 5.36. The lowest BCUT2D eigenvalue weighted by Gasteiger charge is -2.11. The number of allylic oxidation sites excluding steroid dienone is 1. The first-order chi connectivity index (χ1) is 11.3. The molecule has 0 saturated carbocycles. The second-order valence-electron chi connectivity index (χ2n) is 5.60. The van der Waals surface area contributed by atoms with Crippen LogP contribution in [0.25, 0.3) is 22.6 Å². The van der Waals surface area contributed by atoms with Crippen molar-refractivity contribution in [1.82, 2.24) is 10.3 Å². The average Bonchev–Trinajstić information content (AvgIpc) is 3.23. The van der Waals surface area contributed by atoms with E-state index in [1.165, 1.54) is 0 Å². The molecule has 0 fully saturated rings. The summed E-state index contributed by atoms with van der Waals surface area (Å²) in [5.41, 5.74) is 4.65. The lowest BCUT2D eigenvalue weighted by Crippen LogP contribution is -2.20. The maximum Gasteiger partial charge on any atom is 0.252 e. The molecule has 1 aromatic carbocycles. The minimum Gasteiger partial charge on any atom is -0.465 e. The standard InChI is InChI=1S/C19H16N2O2/c1-20-19(22)17-14-6-2-3-7-16(14)21-18-12(8-9-15(17)18)11-13-5-4-10-23-13/h2-7,10-11H,8-9H2,1H3,(H,20,22). The van der Waals surface area contributed by atoms with Gasteiger partial charge in [0.1, 0.15) is 5.76 Å². The van der Waals surface area contributed by atoms with Crippen LogP contribution in [-0.2, 0) is 6.42 Å². The summed E-state index contributed by atoms with van der Waals surface area (Å²) < 4.78 is 5.41. The summed E-state index contributed by atoms with van der Waals surface area (Å²) in [5, 5.41) is 3.67. The van der Waals surface area contributed by atoms with Crippen molar-refractivity contribution in [3.8, 4) is 0 Å². The van der Waals surface area contributed by atoms with E-state index >= 15 is 0 Å². The number of carbonyl (C=O) groups is 1. The molecule has 0 aliphatic heterocycles. The first kappa shape index (κ1) is 13.8. The Bertz CT molecular complexity index is 924. The molecular weight excluding hydrogens is 288 g/mol. The van der Waals surface area contributed by atoms with Crippen molar-refractivity contribution < 1.29 is 9.21 Å². The van der Waals surface area contributed by atoms with Crippen LogP contribution in [0.1, 0.15) is 33.8 Å². The number of hydrogen-bond acceptors (Lipinski definition) is 3. The Balaban J connectivity index is 1.97. The molecule has 1 aliphatic carbocycles. The smallest absolute Gasteiger partial charge is 0.252 e. The van der Waals surface area contributed by atoms with Gasteiger partial charge in [-0.25, -0.2) is 4.98 Å². The Labute approximate surface area is 133 Å².